The molecule has 1 N–H and O–H groups in total. The Hall–Kier alpha value is -0.500. The first-order valence-corrected chi connectivity index (χ1v) is 8.67. The average molecular weight is 346 g/mol. The second-order valence-corrected chi connectivity index (χ2v) is 7.83. The lowest BCUT2D eigenvalue weighted by Crippen LogP contribution is -2.57. The van der Waals surface area contributed by atoms with Gasteiger partial charge in [-0.25, -0.2) is 13.1 Å². The maximum absolute atomic E-state index is 12.3. The molecule has 5 nitrogen and oxygen atoms in total. The molecule has 0 amide bonds. The Balaban J connectivity index is 1.79. The summed E-state index contributed by atoms with van der Waals surface area (Å²) in [4.78, 5) is 6.46. The second-order valence-electron chi connectivity index (χ2n) is 5.20. The number of rotatable bonds is 3. The van der Waals surface area contributed by atoms with Gasteiger partial charge in [-0.1, -0.05) is 0 Å². The molecule has 0 spiro atoms. The molecule has 3 fully saturated rings. The first-order chi connectivity index (χ1) is 9.04. The van der Waals surface area contributed by atoms with E-state index in [9.17, 15) is 8.42 Å². The molecule has 4 heterocycles. The SMILES string of the molecule is O=S(=O)(N[C@@H]1CN2CCC1CC2)c1cncc(Br)c1. The standard InChI is InChI=1S/C12H16BrN3O2S/c13-10-5-11(7-14-6-10)19(17,18)15-12-8-16-3-1-9(12)2-4-16/h5-7,9,12,15H,1-4,8H2/t12-/m1/s1. The summed E-state index contributed by atoms with van der Waals surface area (Å²) in [5, 5.41) is 0. The Morgan fingerprint density at radius 3 is 2.63 bits per heavy atom. The van der Waals surface area contributed by atoms with Crippen LogP contribution < -0.4 is 4.72 Å². The van der Waals surface area contributed by atoms with Crippen molar-refractivity contribution in [2.45, 2.75) is 23.8 Å². The monoisotopic (exact) mass is 345 g/mol. The fourth-order valence-electron chi connectivity index (χ4n) is 2.91. The molecule has 0 saturated carbocycles. The van der Waals surface area contributed by atoms with Crippen LogP contribution >= 0.6 is 15.9 Å². The van der Waals surface area contributed by atoms with Crippen molar-refractivity contribution < 1.29 is 8.42 Å². The summed E-state index contributed by atoms with van der Waals surface area (Å²) >= 11 is 3.25. The van der Waals surface area contributed by atoms with Gasteiger partial charge in [-0.05, 0) is 53.8 Å². The van der Waals surface area contributed by atoms with E-state index < -0.39 is 10.0 Å². The van der Waals surface area contributed by atoms with Crippen LogP contribution in [0.5, 0.6) is 0 Å². The molecule has 1 aromatic rings. The summed E-state index contributed by atoms with van der Waals surface area (Å²) in [6.07, 6.45) is 5.13. The first kappa shape index (κ1) is 13.5. The van der Waals surface area contributed by atoms with Crippen LogP contribution in [0.2, 0.25) is 0 Å². The molecule has 0 radical (unpaired) electrons. The highest BCUT2D eigenvalue weighted by Gasteiger charge is 2.36. The number of nitrogens with one attached hydrogen (secondary N) is 1. The summed E-state index contributed by atoms with van der Waals surface area (Å²) in [6, 6.07) is 1.61. The maximum Gasteiger partial charge on any atom is 0.242 e. The molecule has 0 aliphatic carbocycles. The Morgan fingerprint density at radius 1 is 1.32 bits per heavy atom. The van der Waals surface area contributed by atoms with Gasteiger partial charge in [0.25, 0.3) is 0 Å². The van der Waals surface area contributed by atoms with E-state index in [1.54, 1.807) is 12.3 Å². The van der Waals surface area contributed by atoms with Gasteiger partial charge in [-0.15, -0.1) is 0 Å². The maximum atomic E-state index is 12.3. The van der Waals surface area contributed by atoms with Gasteiger partial charge in [-0.2, -0.15) is 0 Å². The van der Waals surface area contributed by atoms with E-state index in [0.29, 0.717) is 10.4 Å². The Labute approximate surface area is 121 Å². The van der Waals surface area contributed by atoms with Crippen molar-refractivity contribution in [2.24, 2.45) is 5.92 Å². The van der Waals surface area contributed by atoms with Crippen molar-refractivity contribution in [3.63, 3.8) is 0 Å². The molecule has 19 heavy (non-hydrogen) atoms. The third-order valence-electron chi connectivity index (χ3n) is 3.95. The number of sulfonamides is 1. The number of piperidine rings is 3. The number of fused-ring (bicyclic) bond motifs is 3. The van der Waals surface area contributed by atoms with E-state index in [4.69, 9.17) is 0 Å². The largest absolute Gasteiger partial charge is 0.302 e. The van der Waals surface area contributed by atoms with Gasteiger partial charge >= 0.3 is 0 Å². The summed E-state index contributed by atoms with van der Waals surface area (Å²) in [7, 11) is -3.47. The lowest BCUT2D eigenvalue weighted by Gasteiger charge is -2.44. The van der Waals surface area contributed by atoms with Gasteiger partial charge < -0.3 is 4.90 Å². The fourth-order valence-corrected chi connectivity index (χ4v) is 4.71. The average Bonchev–Trinajstić information content (AvgIpc) is 2.39. The lowest BCUT2D eigenvalue weighted by molar-refractivity contribution is 0.0827. The Kier molecular flexibility index (Phi) is 3.63. The molecule has 7 heteroatoms. The zero-order chi connectivity index (χ0) is 13.5. The number of aromatic nitrogens is 1. The molecule has 0 aromatic carbocycles. The zero-order valence-corrected chi connectivity index (χ0v) is 12.8. The molecule has 3 aliphatic heterocycles. The van der Waals surface area contributed by atoms with Crippen molar-refractivity contribution in [1.82, 2.24) is 14.6 Å². The molecule has 104 valence electrons. The quantitative estimate of drug-likeness (QED) is 0.894. The van der Waals surface area contributed by atoms with Gasteiger partial charge in [0, 0.05) is 29.5 Å². The van der Waals surface area contributed by atoms with Crippen molar-refractivity contribution in [3.05, 3.63) is 22.9 Å². The number of hydrogen-bond acceptors (Lipinski definition) is 4. The molecule has 2 bridgehead atoms. The highest BCUT2D eigenvalue weighted by molar-refractivity contribution is 9.10. The summed E-state index contributed by atoms with van der Waals surface area (Å²) in [5.74, 6) is 0.472. The van der Waals surface area contributed by atoms with Gasteiger partial charge in [0.2, 0.25) is 10.0 Å². The van der Waals surface area contributed by atoms with E-state index in [1.165, 1.54) is 6.20 Å². The van der Waals surface area contributed by atoms with Crippen LogP contribution in [0.3, 0.4) is 0 Å². The summed E-state index contributed by atoms with van der Waals surface area (Å²) in [6.45, 7) is 3.02. The second kappa shape index (κ2) is 5.12. The molecule has 4 rings (SSSR count). The van der Waals surface area contributed by atoms with E-state index in [2.05, 4.69) is 30.5 Å². The number of hydrogen-bond donors (Lipinski definition) is 1. The minimum atomic E-state index is -3.47. The lowest BCUT2D eigenvalue weighted by atomic mass is 9.85. The van der Waals surface area contributed by atoms with E-state index in [0.717, 1.165) is 32.5 Å². The fraction of sp³-hybridized carbons (Fsp3) is 0.583. The normalized spacial score (nSPS) is 30.5. The van der Waals surface area contributed by atoms with Crippen LogP contribution in [0, 0.1) is 5.92 Å². The van der Waals surface area contributed by atoms with Crippen LogP contribution in [0.4, 0.5) is 0 Å². The van der Waals surface area contributed by atoms with Crippen molar-refractivity contribution in [1.29, 1.82) is 0 Å². The molecule has 1 aromatic heterocycles. The molecule has 3 aliphatic rings. The van der Waals surface area contributed by atoms with Crippen LogP contribution in [-0.2, 0) is 10.0 Å². The molecular weight excluding hydrogens is 330 g/mol. The molecule has 1 atom stereocenters. The van der Waals surface area contributed by atoms with Crippen molar-refractivity contribution in [3.8, 4) is 0 Å². The number of halogens is 1. The van der Waals surface area contributed by atoms with Crippen molar-refractivity contribution >= 4 is 26.0 Å². The minimum Gasteiger partial charge on any atom is -0.302 e. The number of nitrogens with zero attached hydrogens (tertiary/aromatic N) is 2. The van der Waals surface area contributed by atoms with E-state index in [-0.39, 0.29) is 10.9 Å². The third-order valence-corrected chi connectivity index (χ3v) is 5.84. The van der Waals surface area contributed by atoms with Gasteiger partial charge in [0.1, 0.15) is 4.90 Å². The Bertz CT molecular complexity index is 570. The van der Waals surface area contributed by atoms with E-state index >= 15 is 0 Å². The Morgan fingerprint density at radius 2 is 2.05 bits per heavy atom. The predicted octanol–water partition coefficient (Wildman–Crippen LogP) is 1.22. The van der Waals surface area contributed by atoms with Crippen LogP contribution in [0.15, 0.2) is 27.8 Å². The molecule has 3 saturated heterocycles. The van der Waals surface area contributed by atoms with Gasteiger partial charge in [-0.3, -0.25) is 4.98 Å². The van der Waals surface area contributed by atoms with Crippen LogP contribution in [0.1, 0.15) is 12.8 Å². The third kappa shape index (κ3) is 2.84. The molecular formula is C12H16BrN3O2S. The smallest absolute Gasteiger partial charge is 0.242 e. The van der Waals surface area contributed by atoms with Crippen molar-refractivity contribution in [2.75, 3.05) is 19.6 Å². The van der Waals surface area contributed by atoms with Gasteiger partial charge in [0.15, 0.2) is 0 Å². The van der Waals surface area contributed by atoms with Crippen LogP contribution in [-0.4, -0.2) is 44.0 Å². The minimum absolute atomic E-state index is 0.0338. The topological polar surface area (TPSA) is 62.3 Å². The van der Waals surface area contributed by atoms with Gasteiger partial charge in [0.05, 0.1) is 0 Å². The van der Waals surface area contributed by atoms with E-state index in [1.807, 2.05) is 0 Å². The van der Waals surface area contributed by atoms with Crippen LogP contribution in [0.25, 0.3) is 0 Å². The molecule has 0 unspecified atom stereocenters. The number of pyridine rings is 1. The summed E-state index contributed by atoms with van der Waals surface area (Å²) in [5.41, 5.74) is 0. The zero-order valence-electron chi connectivity index (χ0n) is 10.4. The highest BCUT2D eigenvalue weighted by atomic mass is 79.9. The summed E-state index contributed by atoms with van der Waals surface area (Å²) < 4.78 is 28.2. The highest BCUT2D eigenvalue weighted by Crippen LogP contribution is 2.28. The first-order valence-electron chi connectivity index (χ1n) is 6.40. The predicted molar refractivity (Wildman–Crippen MR) is 75.2 cm³/mol.